The number of nitrogens with zero attached hydrogens (tertiary/aromatic N) is 2. The van der Waals surface area contributed by atoms with Crippen LogP contribution in [-0.2, 0) is 9.59 Å². The number of hydrogen-bond acceptors (Lipinski definition) is 3. The number of anilines is 1. The van der Waals surface area contributed by atoms with Gasteiger partial charge in [-0.15, -0.1) is 0 Å². The zero-order chi connectivity index (χ0) is 17.9. The summed E-state index contributed by atoms with van der Waals surface area (Å²) in [6.45, 7) is 1.81. The molecule has 2 amide bonds. The van der Waals surface area contributed by atoms with Gasteiger partial charge < -0.3 is 0 Å². The molecule has 3 unspecified atom stereocenters. The minimum atomic E-state index is -0.764. The highest BCUT2D eigenvalue weighted by molar-refractivity contribution is 6.36. The predicted molar refractivity (Wildman–Crippen MR) is 94.5 cm³/mol. The molecule has 1 saturated carbocycles. The lowest BCUT2D eigenvalue weighted by Crippen LogP contribution is -2.36. The van der Waals surface area contributed by atoms with Crippen LogP contribution in [0.5, 0.6) is 0 Å². The Morgan fingerprint density at radius 2 is 1.64 bits per heavy atom. The Kier molecular flexibility index (Phi) is 3.44. The van der Waals surface area contributed by atoms with Crippen LogP contribution in [0.15, 0.2) is 42.5 Å². The van der Waals surface area contributed by atoms with Gasteiger partial charge in [-0.25, -0.2) is 4.90 Å². The summed E-state index contributed by atoms with van der Waals surface area (Å²) in [7, 11) is 0. The number of halogens is 2. The van der Waals surface area contributed by atoms with Gasteiger partial charge in [0.15, 0.2) is 0 Å². The average molecular weight is 371 g/mol. The molecule has 2 aromatic rings. The van der Waals surface area contributed by atoms with E-state index in [0.717, 1.165) is 5.56 Å². The molecule has 2 fully saturated rings. The van der Waals surface area contributed by atoms with Gasteiger partial charge >= 0.3 is 0 Å². The molecule has 2 aliphatic rings. The average Bonchev–Trinajstić information content (AvgIpc) is 3.15. The normalized spacial score (nSPS) is 27.2. The summed E-state index contributed by atoms with van der Waals surface area (Å²) in [5, 5.41) is 9.64. The van der Waals surface area contributed by atoms with Crippen LogP contribution in [-0.4, -0.2) is 11.8 Å². The van der Waals surface area contributed by atoms with E-state index in [1.165, 1.54) is 4.90 Å². The molecule has 1 heterocycles. The molecule has 25 heavy (non-hydrogen) atoms. The molecule has 4 rings (SSSR count). The second kappa shape index (κ2) is 5.32. The highest BCUT2D eigenvalue weighted by atomic mass is 35.5. The standard InChI is InChI=1S/C19H12Cl2N2O2/c1-19-15(11-4-2-10(9-22)3-5-11)16(19)17(24)23(18(19)25)14-7-12(20)6-13(21)8-14/h2-8,15-16H,1H3. The van der Waals surface area contributed by atoms with Crippen LogP contribution in [0.2, 0.25) is 10.0 Å². The topological polar surface area (TPSA) is 61.2 Å². The smallest absolute Gasteiger partial charge is 0.241 e. The Morgan fingerprint density at radius 3 is 2.12 bits per heavy atom. The fourth-order valence-electron chi connectivity index (χ4n) is 3.87. The first-order valence-corrected chi connectivity index (χ1v) is 8.48. The Labute approximate surface area is 154 Å². The minimum absolute atomic E-state index is 0.161. The van der Waals surface area contributed by atoms with Crippen molar-refractivity contribution in [3.63, 3.8) is 0 Å². The van der Waals surface area contributed by atoms with E-state index in [2.05, 4.69) is 6.07 Å². The molecule has 2 aromatic carbocycles. The monoisotopic (exact) mass is 370 g/mol. The number of hydrogen-bond donors (Lipinski definition) is 0. The van der Waals surface area contributed by atoms with Crippen molar-refractivity contribution >= 4 is 40.7 Å². The first kappa shape index (κ1) is 16.1. The quantitative estimate of drug-likeness (QED) is 0.745. The molecular formula is C19H12Cl2N2O2. The number of nitriles is 1. The minimum Gasteiger partial charge on any atom is -0.274 e. The summed E-state index contributed by atoms with van der Waals surface area (Å²) in [5.74, 6) is -1.03. The summed E-state index contributed by atoms with van der Waals surface area (Å²) in [6.07, 6.45) is 0. The number of fused-ring (bicyclic) bond motifs is 1. The summed E-state index contributed by atoms with van der Waals surface area (Å²) >= 11 is 12.0. The van der Waals surface area contributed by atoms with Crippen LogP contribution >= 0.6 is 23.2 Å². The molecule has 1 aliphatic carbocycles. The zero-order valence-electron chi connectivity index (χ0n) is 13.2. The summed E-state index contributed by atoms with van der Waals surface area (Å²) in [6, 6.07) is 13.8. The molecule has 1 aliphatic heterocycles. The predicted octanol–water partition coefficient (Wildman–Crippen LogP) is 4.16. The van der Waals surface area contributed by atoms with Gasteiger partial charge in [0.2, 0.25) is 11.8 Å². The van der Waals surface area contributed by atoms with Crippen molar-refractivity contribution < 1.29 is 9.59 Å². The van der Waals surface area contributed by atoms with Crippen molar-refractivity contribution in [3.8, 4) is 6.07 Å². The molecule has 6 heteroatoms. The third-order valence-electron chi connectivity index (χ3n) is 5.17. The summed E-state index contributed by atoms with van der Waals surface area (Å²) in [4.78, 5) is 27.0. The van der Waals surface area contributed by atoms with Crippen LogP contribution in [0, 0.1) is 22.7 Å². The fraction of sp³-hybridized carbons (Fsp3) is 0.211. The molecule has 0 bridgehead atoms. The van der Waals surface area contributed by atoms with Gasteiger partial charge in [-0.1, -0.05) is 35.3 Å². The Balaban J connectivity index is 1.68. The van der Waals surface area contributed by atoms with Crippen LogP contribution in [0.4, 0.5) is 5.69 Å². The number of piperidine rings is 1. The van der Waals surface area contributed by atoms with Crippen LogP contribution < -0.4 is 4.90 Å². The maximum atomic E-state index is 13.0. The van der Waals surface area contributed by atoms with Gasteiger partial charge in [0, 0.05) is 16.0 Å². The van der Waals surface area contributed by atoms with E-state index in [0.29, 0.717) is 21.3 Å². The maximum Gasteiger partial charge on any atom is 0.241 e. The molecule has 0 radical (unpaired) electrons. The third-order valence-corrected chi connectivity index (χ3v) is 5.61. The van der Waals surface area contributed by atoms with E-state index in [1.54, 1.807) is 30.3 Å². The van der Waals surface area contributed by atoms with Crippen molar-refractivity contribution in [1.82, 2.24) is 0 Å². The molecule has 124 valence electrons. The highest BCUT2D eigenvalue weighted by Gasteiger charge is 2.76. The Morgan fingerprint density at radius 1 is 1.04 bits per heavy atom. The van der Waals surface area contributed by atoms with Crippen molar-refractivity contribution in [2.45, 2.75) is 12.8 Å². The van der Waals surface area contributed by atoms with Crippen molar-refractivity contribution in [2.75, 3.05) is 4.90 Å². The third kappa shape index (κ3) is 2.20. The lowest BCUT2D eigenvalue weighted by atomic mass is 9.99. The van der Waals surface area contributed by atoms with Crippen molar-refractivity contribution in [3.05, 3.63) is 63.6 Å². The highest BCUT2D eigenvalue weighted by Crippen LogP contribution is 2.69. The first-order chi connectivity index (χ1) is 11.9. The van der Waals surface area contributed by atoms with Crippen LogP contribution in [0.3, 0.4) is 0 Å². The number of rotatable bonds is 2. The second-order valence-electron chi connectivity index (χ2n) is 6.58. The van der Waals surface area contributed by atoms with E-state index in [-0.39, 0.29) is 17.7 Å². The molecule has 0 N–H and O–H groups in total. The molecule has 0 aromatic heterocycles. The van der Waals surface area contributed by atoms with Crippen LogP contribution in [0.25, 0.3) is 0 Å². The van der Waals surface area contributed by atoms with E-state index in [1.807, 2.05) is 19.1 Å². The lowest BCUT2D eigenvalue weighted by molar-refractivity contribution is -0.125. The van der Waals surface area contributed by atoms with Gasteiger partial charge in [0.25, 0.3) is 0 Å². The fourth-order valence-corrected chi connectivity index (χ4v) is 4.39. The number of benzene rings is 2. The van der Waals surface area contributed by atoms with E-state index in [4.69, 9.17) is 28.5 Å². The van der Waals surface area contributed by atoms with E-state index >= 15 is 0 Å². The summed E-state index contributed by atoms with van der Waals surface area (Å²) < 4.78 is 0. The van der Waals surface area contributed by atoms with E-state index in [9.17, 15) is 9.59 Å². The largest absolute Gasteiger partial charge is 0.274 e. The van der Waals surface area contributed by atoms with Gasteiger partial charge in [0.05, 0.1) is 28.7 Å². The molecule has 0 spiro atoms. The van der Waals surface area contributed by atoms with E-state index < -0.39 is 11.3 Å². The number of amides is 2. The number of imide groups is 1. The van der Waals surface area contributed by atoms with Crippen molar-refractivity contribution in [1.29, 1.82) is 5.26 Å². The Bertz CT molecular complexity index is 944. The molecule has 3 atom stereocenters. The Hall–Kier alpha value is -2.35. The van der Waals surface area contributed by atoms with Gasteiger partial charge in [-0.05, 0) is 42.8 Å². The molecule has 4 nitrogen and oxygen atoms in total. The molecule has 1 saturated heterocycles. The summed E-state index contributed by atoms with van der Waals surface area (Å²) in [5.41, 5.74) is 1.09. The first-order valence-electron chi connectivity index (χ1n) is 7.72. The SMILES string of the molecule is CC12C(=O)N(c3cc(Cl)cc(Cl)c3)C(=O)C1C2c1ccc(C#N)cc1. The van der Waals surface area contributed by atoms with Gasteiger partial charge in [0.1, 0.15) is 0 Å². The lowest BCUT2D eigenvalue weighted by Gasteiger charge is -2.21. The maximum absolute atomic E-state index is 13.0. The zero-order valence-corrected chi connectivity index (χ0v) is 14.7. The van der Waals surface area contributed by atoms with Crippen molar-refractivity contribution in [2.24, 2.45) is 11.3 Å². The van der Waals surface area contributed by atoms with Crippen LogP contribution in [0.1, 0.15) is 24.0 Å². The number of carbonyl (C=O) groups excluding carboxylic acids is 2. The van der Waals surface area contributed by atoms with Gasteiger partial charge in [-0.3, -0.25) is 9.59 Å². The number of carbonyl (C=O) groups is 2. The second-order valence-corrected chi connectivity index (χ2v) is 7.45. The molecular weight excluding hydrogens is 359 g/mol. The van der Waals surface area contributed by atoms with Gasteiger partial charge in [-0.2, -0.15) is 5.26 Å².